The summed E-state index contributed by atoms with van der Waals surface area (Å²) in [7, 11) is 0. The van der Waals surface area contributed by atoms with Gasteiger partial charge in [0, 0.05) is 18.7 Å². The summed E-state index contributed by atoms with van der Waals surface area (Å²) in [5, 5.41) is 3.25. The highest BCUT2D eigenvalue weighted by atomic mass is 19.1. The number of carbonyl (C=O) groups excluding carboxylic acids is 1. The molecule has 0 aliphatic carbocycles. The Labute approximate surface area is 158 Å². The Bertz CT molecular complexity index is 742. The lowest BCUT2D eigenvalue weighted by molar-refractivity contribution is -0.143. The number of benzene rings is 2. The van der Waals surface area contributed by atoms with Gasteiger partial charge in [-0.1, -0.05) is 19.1 Å². The van der Waals surface area contributed by atoms with Crippen molar-refractivity contribution in [3.63, 3.8) is 0 Å². The number of hydrogen-bond acceptors (Lipinski definition) is 4. The maximum Gasteiger partial charge on any atom is 0.305 e. The van der Waals surface area contributed by atoms with Crippen molar-refractivity contribution in [1.29, 1.82) is 0 Å². The van der Waals surface area contributed by atoms with E-state index in [0.717, 1.165) is 18.7 Å². The van der Waals surface area contributed by atoms with Gasteiger partial charge in [0.1, 0.15) is 0 Å². The highest BCUT2D eigenvalue weighted by molar-refractivity contribution is 5.69. The van der Waals surface area contributed by atoms with Crippen molar-refractivity contribution in [2.24, 2.45) is 0 Å². The second-order valence-electron chi connectivity index (χ2n) is 6.03. The number of hydrogen-bond donors (Lipinski definition) is 1. The van der Waals surface area contributed by atoms with Crippen LogP contribution in [0.4, 0.5) is 14.5 Å². The van der Waals surface area contributed by atoms with Crippen molar-refractivity contribution in [2.75, 3.05) is 25.1 Å². The third-order valence-corrected chi connectivity index (χ3v) is 3.85. The van der Waals surface area contributed by atoms with Crippen LogP contribution in [-0.2, 0) is 9.53 Å². The van der Waals surface area contributed by atoms with E-state index in [1.54, 1.807) is 13.0 Å². The van der Waals surface area contributed by atoms with Crippen LogP contribution in [0.2, 0.25) is 0 Å². The predicted octanol–water partition coefficient (Wildman–Crippen LogP) is 5.18. The van der Waals surface area contributed by atoms with E-state index in [2.05, 4.69) is 12.2 Å². The van der Waals surface area contributed by atoms with Crippen molar-refractivity contribution < 1.29 is 23.0 Å². The lowest BCUT2D eigenvalue weighted by Crippen LogP contribution is -2.08. The summed E-state index contributed by atoms with van der Waals surface area (Å²) < 4.78 is 38.7. The molecule has 2 aromatic carbocycles. The van der Waals surface area contributed by atoms with Gasteiger partial charge in [0.2, 0.25) is 0 Å². The molecule has 0 aliphatic rings. The number of anilines is 1. The zero-order valence-corrected chi connectivity index (χ0v) is 15.7. The third-order valence-electron chi connectivity index (χ3n) is 3.85. The molecule has 0 atom stereocenters. The number of esters is 1. The van der Waals surface area contributed by atoms with Crippen molar-refractivity contribution in [2.45, 2.75) is 33.1 Å². The second-order valence-corrected chi connectivity index (χ2v) is 6.03. The largest absolute Gasteiger partial charge is 0.488 e. The van der Waals surface area contributed by atoms with E-state index in [-0.39, 0.29) is 19.0 Å². The van der Waals surface area contributed by atoms with E-state index in [0.29, 0.717) is 24.2 Å². The number of ether oxygens (including phenoxy) is 2. The summed E-state index contributed by atoms with van der Waals surface area (Å²) in [6.07, 6.45) is 1.45. The standard InChI is InChI=1S/C21H25F2NO3/c1-3-10-24-17-8-5-7-15(12-17)16-13-18(22)21(19(23)14-16)27-11-6-9-20(25)26-4-2/h5,7-8,12-14,24H,3-4,6,9-11H2,1-2H3. The molecule has 0 aromatic heterocycles. The summed E-state index contributed by atoms with van der Waals surface area (Å²) >= 11 is 0. The molecule has 0 amide bonds. The van der Waals surface area contributed by atoms with Gasteiger partial charge >= 0.3 is 5.97 Å². The van der Waals surface area contributed by atoms with Crippen LogP contribution in [0, 0.1) is 11.6 Å². The lowest BCUT2D eigenvalue weighted by atomic mass is 10.0. The quantitative estimate of drug-likeness (QED) is 0.458. The first-order chi connectivity index (χ1) is 13.0. The van der Waals surface area contributed by atoms with Crippen LogP contribution >= 0.6 is 0 Å². The van der Waals surface area contributed by atoms with Gasteiger partial charge in [-0.05, 0) is 55.2 Å². The molecule has 6 heteroatoms. The van der Waals surface area contributed by atoms with Crippen molar-refractivity contribution in [3.05, 3.63) is 48.0 Å². The van der Waals surface area contributed by atoms with E-state index in [4.69, 9.17) is 9.47 Å². The normalized spacial score (nSPS) is 10.5. The van der Waals surface area contributed by atoms with Gasteiger partial charge in [0.05, 0.1) is 13.2 Å². The van der Waals surface area contributed by atoms with Gasteiger partial charge in [-0.2, -0.15) is 0 Å². The molecule has 2 aromatic rings. The fourth-order valence-electron chi connectivity index (χ4n) is 2.57. The van der Waals surface area contributed by atoms with E-state index < -0.39 is 17.4 Å². The highest BCUT2D eigenvalue weighted by Gasteiger charge is 2.14. The van der Waals surface area contributed by atoms with Crippen LogP contribution in [0.1, 0.15) is 33.1 Å². The second kappa shape index (κ2) is 10.5. The molecular weight excluding hydrogens is 352 g/mol. The Balaban J connectivity index is 2.05. The molecule has 4 nitrogen and oxygen atoms in total. The zero-order valence-electron chi connectivity index (χ0n) is 15.7. The maximum atomic E-state index is 14.3. The molecule has 0 unspecified atom stereocenters. The first-order valence-corrected chi connectivity index (χ1v) is 9.17. The van der Waals surface area contributed by atoms with E-state index in [1.165, 1.54) is 12.1 Å². The van der Waals surface area contributed by atoms with Gasteiger partial charge < -0.3 is 14.8 Å². The van der Waals surface area contributed by atoms with Gasteiger partial charge in [-0.25, -0.2) is 8.78 Å². The number of rotatable bonds is 10. The van der Waals surface area contributed by atoms with Crippen LogP contribution in [-0.4, -0.2) is 25.7 Å². The van der Waals surface area contributed by atoms with Crippen molar-refractivity contribution in [1.82, 2.24) is 0 Å². The monoisotopic (exact) mass is 377 g/mol. The van der Waals surface area contributed by atoms with Gasteiger partial charge in [0.25, 0.3) is 0 Å². The minimum absolute atomic E-state index is 0.0302. The average Bonchev–Trinajstić information content (AvgIpc) is 2.65. The Kier molecular flexibility index (Phi) is 8.04. The smallest absolute Gasteiger partial charge is 0.305 e. The Morgan fingerprint density at radius 3 is 2.48 bits per heavy atom. The fraction of sp³-hybridized carbons (Fsp3) is 0.381. The minimum atomic E-state index is -0.770. The topological polar surface area (TPSA) is 47.6 Å². The number of carbonyl (C=O) groups is 1. The van der Waals surface area contributed by atoms with E-state index in [9.17, 15) is 13.6 Å². The maximum absolute atomic E-state index is 14.3. The van der Waals surface area contributed by atoms with Crippen molar-refractivity contribution >= 4 is 11.7 Å². The van der Waals surface area contributed by atoms with Crippen molar-refractivity contribution in [3.8, 4) is 16.9 Å². The zero-order chi connectivity index (χ0) is 19.6. The Hall–Kier alpha value is -2.63. The summed E-state index contributed by atoms with van der Waals surface area (Å²) in [6, 6.07) is 9.90. The molecule has 0 saturated carbocycles. The molecule has 146 valence electrons. The molecular formula is C21H25F2NO3. The number of nitrogens with one attached hydrogen (secondary N) is 1. The molecule has 1 N–H and O–H groups in total. The average molecular weight is 377 g/mol. The highest BCUT2D eigenvalue weighted by Crippen LogP contribution is 2.30. The summed E-state index contributed by atoms with van der Waals surface area (Å²) in [5.41, 5.74) is 2.04. The molecule has 0 heterocycles. The van der Waals surface area contributed by atoms with E-state index in [1.807, 2.05) is 18.2 Å². The molecule has 0 fully saturated rings. The lowest BCUT2D eigenvalue weighted by Gasteiger charge is -2.11. The molecule has 0 radical (unpaired) electrons. The van der Waals surface area contributed by atoms with Gasteiger partial charge in [-0.15, -0.1) is 0 Å². The summed E-state index contributed by atoms with van der Waals surface area (Å²) in [5.74, 6) is -2.32. The van der Waals surface area contributed by atoms with Crippen LogP contribution in [0.5, 0.6) is 5.75 Å². The molecule has 2 rings (SSSR count). The Morgan fingerprint density at radius 1 is 1.07 bits per heavy atom. The Morgan fingerprint density at radius 2 is 1.81 bits per heavy atom. The minimum Gasteiger partial charge on any atom is -0.488 e. The van der Waals surface area contributed by atoms with Gasteiger partial charge in [0.15, 0.2) is 17.4 Å². The molecule has 0 aliphatic heterocycles. The van der Waals surface area contributed by atoms with Crippen LogP contribution in [0.15, 0.2) is 36.4 Å². The van der Waals surface area contributed by atoms with E-state index >= 15 is 0 Å². The third kappa shape index (κ3) is 6.24. The van der Waals surface area contributed by atoms with Crippen LogP contribution in [0.25, 0.3) is 11.1 Å². The molecule has 0 spiro atoms. The van der Waals surface area contributed by atoms with Crippen LogP contribution in [0.3, 0.4) is 0 Å². The molecule has 0 saturated heterocycles. The fourth-order valence-corrected chi connectivity index (χ4v) is 2.57. The SMILES string of the molecule is CCCNc1cccc(-c2cc(F)c(OCCCC(=O)OCC)c(F)c2)c1. The number of halogens is 2. The molecule has 27 heavy (non-hydrogen) atoms. The van der Waals surface area contributed by atoms with Gasteiger partial charge in [-0.3, -0.25) is 4.79 Å². The summed E-state index contributed by atoms with van der Waals surface area (Å²) in [4.78, 5) is 11.3. The first kappa shape index (κ1) is 20.7. The van der Waals surface area contributed by atoms with Crippen LogP contribution < -0.4 is 10.1 Å². The summed E-state index contributed by atoms with van der Waals surface area (Å²) in [6.45, 7) is 4.94. The first-order valence-electron chi connectivity index (χ1n) is 9.17. The predicted molar refractivity (Wildman–Crippen MR) is 102 cm³/mol. The molecule has 0 bridgehead atoms.